The van der Waals surface area contributed by atoms with Crippen LogP contribution in [-0.4, -0.2) is 15.0 Å². The van der Waals surface area contributed by atoms with Gasteiger partial charge in [-0.2, -0.15) is 0 Å². The summed E-state index contributed by atoms with van der Waals surface area (Å²) in [5, 5.41) is 4.89. The van der Waals surface area contributed by atoms with E-state index in [1.54, 1.807) is 0 Å². The highest BCUT2D eigenvalue weighted by atomic mass is 15.0. The Morgan fingerprint density at radius 2 is 0.869 bits per heavy atom. The Hall–Kier alpha value is -7.95. The first-order valence-corrected chi connectivity index (χ1v) is 20.9. The van der Waals surface area contributed by atoms with Crippen LogP contribution < -0.4 is 5.73 Å². The maximum Gasteiger partial charge on any atom is 0.131 e. The molecule has 2 aromatic heterocycles. The zero-order valence-corrected chi connectivity index (χ0v) is 33.8. The lowest BCUT2D eigenvalue weighted by Gasteiger charge is -2.15. The molecule has 61 heavy (non-hydrogen) atoms. The minimum atomic E-state index is 0.185. The number of rotatable bonds is 8. The number of hydrogen-bond acceptors (Lipinski definition) is 1. The molecule has 9 aromatic carbocycles. The van der Waals surface area contributed by atoms with Gasteiger partial charge in [0.15, 0.2) is 0 Å². The Bertz CT molecular complexity index is 3410. The number of para-hydroxylation sites is 3. The van der Waals surface area contributed by atoms with Gasteiger partial charge >= 0.3 is 0 Å². The lowest BCUT2D eigenvalue weighted by molar-refractivity contribution is 0.922. The van der Waals surface area contributed by atoms with Gasteiger partial charge in [-0.3, -0.25) is 0 Å². The predicted molar refractivity (Wildman–Crippen MR) is 257 cm³/mol. The number of hydrogen-bond donors (Lipinski definition) is 1. The van der Waals surface area contributed by atoms with E-state index in [1.165, 1.54) is 60.4 Å². The summed E-state index contributed by atoms with van der Waals surface area (Å²) in [4.78, 5) is 4.96. The molecule has 11 rings (SSSR count). The minimum Gasteiger partial charge on any atom is -0.383 e. The van der Waals surface area contributed by atoms with Crippen LogP contribution in [0.15, 0.2) is 223 Å². The van der Waals surface area contributed by atoms with Crippen molar-refractivity contribution in [1.29, 1.82) is 0 Å². The van der Waals surface area contributed by atoms with E-state index >= 15 is 0 Å². The van der Waals surface area contributed by atoms with E-state index in [0.717, 1.165) is 39.2 Å². The molecule has 0 aliphatic rings. The molecule has 0 amide bonds. The standard InChI is InChI=1S/C57H42N4/c1-38(39-15-5-2-6-16-39)47-21-11-13-23-52(47)59-57(58)41-25-30-46(31-26-41)61-53-24-14-12-22-48(53)49-36-43(28-33-54(49)61)44-29-34-56-51(37-44)50-35-42(40-17-7-3-8-18-40)27-32-55(50)60(56)45-19-9-4-10-20-45/h2-38H,1H3,(H2,58,59). The average molecular weight is 783 g/mol. The minimum absolute atomic E-state index is 0.185. The number of fused-ring (bicyclic) bond motifs is 6. The van der Waals surface area contributed by atoms with E-state index in [9.17, 15) is 0 Å². The summed E-state index contributed by atoms with van der Waals surface area (Å²) in [6.07, 6.45) is 0. The lowest BCUT2D eigenvalue weighted by Crippen LogP contribution is -2.13. The second-order valence-electron chi connectivity index (χ2n) is 15.8. The summed E-state index contributed by atoms with van der Waals surface area (Å²) in [7, 11) is 0. The van der Waals surface area contributed by atoms with Crippen molar-refractivity contribution in [2.75, 3.05) is 0 Å². The van der Waals surface area contributed by atoms with E-state index in [4.69, 9.17) is 10.7 Å². The van der Waals surface area contributed by atoms with E-state index in [2.05, 4.69) is 216 Å². The Kier molecular flexibility index (Phi) is 8.90. The molecule has 0 radical (unpaired) electrons. The molecule has 4 nitrogen and oxygen atoms in total. The summed E-state index contributed by atoms with van der Waals surface area (Å²) in [5.74, 6) is 0.677. The van der Waals surface area contributed by atoms with Crippen LogP contribution >= 0.6 is 0 Å². The van der Waals surface area contributed by atoms with E-state index < -0.39 is 0 Å². The molecule has 0 aliphatic carbocycles. The van der Waals surface area contributed by atoms with Crippen molar-refractivity contribution in [2.45, 2.75) is 12.8 Å². The zero-order chi connectivity index (χ0) is 40.9. The molecule has 11 aromatic rings. The molecule has 1 unspecified atom stereocenters. The van der Waals surface area contributed by atoms with Gasteiger partial charge in [-0.05, 0) is 118 Å². The van der Waals surface area contributed by atoms with Crippen LogP contribution in [0.5, 0.6) is 0 Å². The van der Waals surface area contributed by atoms with Crippen molar-refractivity contribution in [1.82, 2.24) is 9.13 Å². The van der Waals surface area contributed by atoms with Gasteiger partial charge < -0.3 is 14.9 Å². The summed E-state index contributed by atoms with van der Waals surface area (Å²) >= 11 is 0. The molecular weight excluding hydrogens is 741 g/mol. The monoisotopic (exact) mass is 782 g/mol. The highest BCUT2D eigenvalue weighted by Gasteiger charge is 2.18. The lowest BCUT2D eigenvalue weighted by atomic mass is 9.92. The van der Waals surface area contributed by atoms with Gasteiger partial charge in [-0.1, -0.05) is 140 Å². The van der Waals surface area contributed by atoms with Crippen LogP contribution in [0, 0.1) is 0 Å². The van der Waals surface area contributed by atoms with Crippen LogP contribution in [0.1, 0.15) is 29.5 Å². The summed E-state index contributed by atoms with van der Waals surface area (Å²) < 4.78 is 4.74. The molecule has 290 valence electrons. The Morgan fingerprint density at radius 3 is 1.49 bits per heavy atom. The molecule has 4 heteroatoms. The van der Waals surface area contributed by atoms with Gasteiger partial charge in [-0.15, -0.1) is 0 Å². The van der Waals surface area contributed by atoms with Crippen molar-refractivity contribution < 1.29 is 0 Å². The Balaban J connectivity index is 0.980. The fourth-order valence-corrected chi connectivity index (χ4v) is 9.15. The Labute approximate surface area is 355 Å². The number of nitrogens with two attached hydrogens (primary N) is 1. The number of benzene rings is 9. The van der Waals surface area contributed by atoms with Gasteiger partial charge in [0.05, 0.1) is 27.8 Å². The molecule has 2 N–H and O–H groups in total. The topological polar surface area (TPSA) is 48.2 Å². The van der Waals surface area contributed by atoms with Gasteiger partial charge in [0.1, 0.15) is 5.84 Å². The van der Waals surface area contributed by atoms with Gasteiger partial charge in [0.2, 0.25) is 0 Å². The van der Waals surface area contributed by atoms with Crippen molar-refractivity contribution in [3.8, 4) is 33.6 Å². The van der Waals surface area contributed by atoms with Crippen molar-refractivity contribution >= 4 is 55.1 Å². The third-order valence-corrected chi connectivity index (χ3v) is 12.3. The molecule has 0 bridgehead atoms. The molecule has 0 spiro atoms. The SMILES string of the molecule is CC(c1ccccc1)c1ccccc1N=C(N)c1ccc(-n2c3ccccc3c3cc(-c4ccc5c(c4)c4cc(-c6ccccc6)ccc4n5-c4ccccc4)ccc32)cc1. The number of nitrogens with zero attached hydrogens (tertiary/aromatic N) is 3. The van der Waals surface area contributed by atoms with Crippen LogP contribution in [0.2, 0.25) is 0 Å². The maximum absolute atomic E-state index is 6.73. The van der Waals surface area contributed by atoms with Crippen LogP contribution in [-0.2, 0) is 0 Å². The van der Waals surface area contributed by atoms with Gasteiger partial charge in [0, 0.05) is 44.4 Å². The predicted octanol–water partition coefficient (Wildman–Crippen LogP) is 14.4. The fourth-order valence-electron chi connectivity index (χ4n) is 9.15. The molecule has 1 atom stereocenters. The maximum atomic E-state index is 6.73. The molecule has 0 saturated heterocycles. The number of amidine groups is 1. The molecule has 0 saturated carbocycles. The van der Waals surface area contributed by atoms with Gasteiger partial charge in [0.25, 0.3) is 0 Å². The van der Waals surface area contributed by atoms with E-state index in [0.29, 0.717) is 5.84 Å². The van der Waals surface area contributed by atoms with Crippen LogP contribution in [0.25, 0.3) is 77.2 Å². The zero-order valence-electron chi connectivity index (χ0n) is 33.8. The van der Waals surface area contributed by atoms with E-state index in [1.807, 2.05) is 18.2 Å². The van der Waals surface area contributed by atoms with Crippen molar-refractivity contribution in [2.24, 2.45) is 10.7 Å². The summed E-state index contributed by atoms with van der Waals surface area (Å²) in [6, 6.07) is 77.9. The summed E-state index contributed by atoms with van der Waals surface area (Å²) in [5.41, 5.74) is 22.6. The van der Waals surface area contributed by atoms with Crippen LogP contribution in [0.3, 0.4) is 0 Å². The smallest absolute Gasteiger partial charge is 0.131 e. The third kappa shape index (κ3) is 6.37. The summed E-state index contributed by atoms with van der Waals surface area (Å²) in [6.45, 7) is 2.22. The molecule has 0 aliphatic heterocycles. The highest BCUT2D eigenvalue weighted by molar-refractivity contribution is 6.13. The first-order valence-electron chi connectivity index (χ1n) is 20.9. The van der Waals surface area contributed by atoms with Gasteiger partial charge in [-0.25, -0.2) is 4.99 Å². The molecule has 0 fully saturated rings. The third-order valence-electron chi connectivity index (χ3n) is 12.3. The second kappa shape index (κ2) is 15.0. The van der Waals surface area contributed by atoms with Crippen LogP contribution in [0.4, 0.5) is 5.69 Å². The highest BCUT2D eigenvalue weighted by Crippen LogP contribution is 2.40. The first kappa shape index (κ1) is 36.2. The largest absolute Gasteiger partial charge is 0.383 e. The second-order valence-corrected chi connectivity index (χ2v) is 15.8. The molecular formula is C57H42N4. The number of aliphatic imine (C=N–C) groups is 1. The number of aromatic nitrogens is 2. The quantitative estimate of drug-likeness (QED) is 0.121. The van der Waals surface area contributed by atoms with Crippen molar-refractivity contribution in [3.63, 3.8) is 0 Å². The Morgan fingerprint density at radius 1 is 0.410 bits per heavy atom. The first-order chi connectivity index (χ1) is 30.1. The van der Waals surface area contributed by atoms with Crippen molar-refractivity contribution in [3.05, 3.63) is 235 Å². The molecule has 2 heterocycles. The average Bonchev–Trinajstić information content (AvgIpc) is 3.84. The normalized spacial score (nSPS) is 12.4. The fraction of sp³-hybridized carbons (Fsp3) is 0.0351. The van der Waals surface area contributed by atoms with E-state index in [-0.39, 0.29) is 5.92 Å².